The number of carbonyl (C=O) groups is 4. The zero-order chi connectivity index (χ0) is 54.7. The van der Waals surface area contributed by atoms with Gasteiger partial charge in [0.1, 0.15) is 36.4 Å². The molecule has 0 aromatic heterocycles. The highest BCUT2D eigenvalue weighted by Gasteiger charge is 2.50. The average molecular weight is 1050 g/mol. The normalized spacial score (nSPS) is 26.6. The van der Waals surface area contributed by atoms with E-state index in [0.29, 0.717) is 70.4 Å². The summed E-state index contributed by atoms with van der Waals surface area (Å²) in [5.41, 5.74) is 1.27. The van der Waals surface area contributed by atoms with Crippen LogP contribution in [-0.4, -0.2) is 155 Å². The zero-order valence-electron chi connectivity index (χ0n) is 46.5. The van der Waals surface area contributed by atoms with E-state index in [1.54, 1.807) is 28.4 Å². The Labute approximate surface area is 439 Å². The van der Waals surface area contributed by atoms with Crippen LogP contribution in [0.15, 0.2) is 48.5 Å². The van der Waals surface area contributed by atoms with E-state index in [4.69, 9.17) is 66.3 Å². The van der Waals surface area contributed by atoms with E-state index in [0.717, 1.165) is 17.9 Å². The smallest absolute Gasteiger partial charge is 0.308 e. The molecular weight excluding hydrogens is 961 g/mol. The first kappa shape index (κ1) is 62.3. The van der Waals surface area contributed by atoms with Gasteiger partial charge >= 0.3 is 23.9 Å². The van der Waals surface area contributed by atoms with Gasteiger partial charge in [0.15, 0.2) is 18.7 Å². The lowest BCUT2D eigenvalue weighted by Crippen LogP contribution is -2.57. The molecule has 18 heteroatoms. The van der Waals surface area contributed by atoms with Gasteiger partial charge in [-0.2, -0.15) is 0 Å². The number of carbonyl (C=O) groups excluding carboxylic acids is 4. The van der Waals surface area contributed by atoms with Crippen LogP contribution < -0.4 is 9.47 Å². The van der Waals surface area contributed by atoms with Crippen molar-refractivity contribution in [3.8, 4) is 11.5 Å². The number of hydrogen-bond acceptors (Lipinski definition) is 18. The molecule has 2 aromatic rings. The number of ether oxygens (including phenoxy) is 14. The maximum atomic E-state index is 11.0. The van der Waals surface area contributed by atoms with Crippen molar-refractivity contribution in [3.05, 3.63) is 59.7 Å². The molecule has 5 fully saturated rings. The van der Waals surface area contributed by atoms with E-state index in [-0.39, 0.29) is 77.4 Å². The first-order valence-electron chi connectivity index (χ1n) is 25.6. The summed E-state index contributed by atoms with van der Waals surface area (Å²) in [5.74, 6) is 1.63. The SMILES string of the molecule is COC1COC2C(OC(C)=O)COC12.COCC(C)(C)C1OCC2(CO1)COC(C(C)(C)COC(C)=O)OC2.COCC1CCC(COC(C)=O)CC1.COc1ccc(C(C)(C)c2ccc(OC(C)=O)cc2)cc1. The van der Waals surface area contributed by atoms with Gasteiger partial charge in [0.2, 0.25) is 0 Å². The largest absolute Gasteiger partial charge is 0.497 e. The van der Waals surface area contributed by atoms with E-state index >= 15 is 0 Å². The summed E-state index contributed by atoms with van der Waals surface area (Å²) in [6, 6.07) is 15.7. The van der Waals surface area contributed by atoms with Gasteiger partial charge in [-0.3, -0.25) is 19.2 Å². The van der Waals surface area contributed by atoms with Gasteiger partial charge in [-0.05, 0) is 72.9 Å². The van der Waals surface area contributed by atoms with Crippen LogP contribution in [0.5, 0.6) is 11.5 Å². The van der Waals surface area contributed by atoms with Crippen LogP contribution in [0.3, 0.4) is 0 Å². The predicted molar refractivity (Wildman–Crippen MR) is 273 cm³/mol. The number of benzene rings is 2. The number of methoxy groups -OCH3 is 4. The predicted octanol–water partition coefficient (Wildman–Crippen LogP) is 7.66. The highest BCUT2D eigenvalue weighted by molar-refractivity contribution is 5.69. The third kappa shape index (κ3) is 19.1. The topological polar surface area (TPSA) is 198 Å². The van der Waals surface area contributed by atoms with Gasteiger partial charge in [0.25, 0.3) is 0 Å². The summed E-state index contributed by atoms with van der Waals surface area (Å²) in [6.07, 6.45) is 3.44. The second-order valence-corrected chi connectivity index (χ2v) is 21.7. The maximum absolute atomic E-state index is 11.0. The minimum atomic E-state index is -0.430. The van der Waals surface area contributed by atoms with Crippen LogP contribution in [0.2, 0.25) is 0 Å². The highest BCUT2D eigenvalue weighted by Crippen LogP contribution is 2.39. The van der Waals surface area contributed by atoms with E-state index in [1.807, 2.05) is 50.2 Å². The Balaban J connectivity index is 0.000000220. The van der Waals surface area contributed by atoms with Gasteiger partial charge in [-0.15, -0.1) is 0 Å². The quantitative estimate of drug-likeness (QED) is 0.0901. The van der Waals surface area contributed by atoms with Crippen molar-refractivity contribution >= 4 is 23.9 Å². The van der Waals surface area contributed by atoms with E-state index in [2.05, 4.69) is 39.8 Å². The fourth-order valence-electron chi connectivity index (χ4n) is 9.32. The van der Waals surface area contributed by atoms with Gasteiger partial charge in [-0.1, -0.05) is 65.8 Å². The first-order valence-corrected chi connectivity index (χ1v) is 25.6. The lowest BCUT2D eigenvalue weighted by molar-refractivity contribution is -0.337. The van der Waals surface area contributed by atoms with Crippen LogP contribution >= 0.6 is 0 Å². The molecule has 2 aromatic carbocycles. The number of fused-ring (bicyclic) bond motifs is 1. The monoisotopic (exact) mass is 1050 g/mol. The Morgan fingerprint density at radius 1 is 0.527 bits per heavy atom. The summed E-state index contributed by atoms with van der Waals surface area (Å²) in [5, 5.41) is 0. The second kappa shape index (κ2) is 29.3. The molecule has 74 heavy (non-hydrogen) atoms. The average Bonchev–Trinajstić information content (AvgIpc) is 3.96. The molecular formula is C56H86O18. The third-order valence-electron chi connectivity index (χ3n) is 13.7. The van der Waals surface area contributed by atoms with Crippen molar-refractivity contribution in [2.45, 2.75) is 137 Å². The van der Waals surface area contributed by atoms with Gasteiger partial charge in [0, 0.05) is 71.9 Å². The molecule has 4 saturated heterocycles. The molecule has 0 radical (unpaired) electrons. The number of esters is 4. The first-order chi connectivity index (χ1) is 35.0. The Morgan fingerprint density at radius 2 is 0.973 bits per heavy atom. The lowest BCUT2D eigenvalue weighted by Gasteiger charge is -2.48. The molecule has 0 bridgehead atoms. The summed E-state index contributed by atoms with van der Waals surface area (Å²) in [7, 11) is 6.71. The van der Waals surface area contributed by atoms with Crippen molar-refractivity contribution in [3.63, 3.8) is 0 Å². The van der Waals surface area contributed by atoms with Crippen LogP contribution in [0.4, 0.5) is 0 Å². The highest BCUT2D eigenvalue weighted by atomic mass is 16.7. The van der Waals surface area contributed by atoms with Gasteiger partial charge in [0.05, 0.1) is 65.4 Å². The standard InChI is InChI=1S/C18H32O7.C18H20O3.C11H20O3.C9H14O5/c1-13(19)21-8-17(4,5)15-24-11-18(12-25-15)9-22-14(23-10-18)16(2,3)7-20-6;1-13(19)21-17-11-7-15(8-12-17)18(2,3)14-5-9-16(20-4)10-6-14;1-9(12)14-8-11-5-3-10(4-6-11)7-13-2;1-5(10)14-7-4-13-8-6(11-2)3-12-9(7)8/h14-15H,7-12H2,1-6H3;5-12H,1-4H3;10-11H,3-8H2,1-2H3;6-9H,3-4H2,1-2H3. The molecule has 4 aliphatic heterocycles. The fourth-order valence-corrected chi connectivity index (χ4v) is 9.32. The maximum Gasteiger partial charge on any atom is 0.308 e. The van der Waals surface area contributed by atoms with E-state index in [9.17, 15) is 19.2 Å². The van der Waals surface area contributed by atoms with Crippen molar-refractivity contribution in [1.82, 2.24) is 0 Å². The Bertz CT molecular complexity index is 1990. The molecule has 7 rings (SSSR count). The van der Waals surface area contributed by atoms with Crippen molar-refractivity contribution in [2.24, 2.45) is 28.1 Å². The molecule has 18 nitrogen and oxygen atoms in total. The Kier molecular flexibility index (Phi) is 24.7. The minimum Gasteiger partial charge on any atom is -0.497 e. The lowest BCUT2D eigenvalue weighted by atomic mass is 9.78. The van der Waals surface area contributed by atoms with Crippen LogP contribution in [0.25, 0.3) is 0 Å². The second-order valence-electron chi connectivity index (χ2n) is 21.7. The molecule has 0 N–H and O–H groups in total. The van der Waals surface area contributed by atoms with Gasteiger partial charge < -0.3 is 66.3 Å². The molecule has 1 spiro atoms. The fraction of sp³-hybridized carbons (Fsp3) is 0.714. The molecule has 4 heterocycles. The molecule has 5 aliphatic rings. The van der Waals surface area contributed by atoms with Crippen molar-refractivity contribution in [2.75, 3.05) is 94.5 Å². The molecule has 1 saturated carbocycles. The summed E-state index contributed by atoms with van der Waals surface area (Å²) < 4.78 is 75.7. The van der Waals surface area contributed by atoms with Crippen molar-refractivity contribution in [1.29, 1.82) is 0 Å². The molecule has 1 aliphatic carbocycles. The Morgan fingerprint density at radius 3 is 1.39 bits per heavy atom. The summed E-state index contributed by atoms with van der Waals surface area (Å²) in [4.78, 5) is 43.4. The molecule has 4 atom stereocenters. The van der Waals surface area contributed by atoms with Crippen LogP contribution in [0, 0.1) is 28.1 Å². The van der Waals surface area contributed by atoms with Crippen molar-refractivity contribution < 1.29 is 85.5 Å². The van der Waals surface area contributed by atoms with E-state index in [1.165, 1.54) is 58.9 Å². The molecule has 0 amide bonds. The number of hydrogen-bond donors (Lipinski definition) is 0. The zero-order valence-corrected chi connectivity index (χ0v) is 46.5. The van der Waals surface area contributed by atoms with Crippen LogP contribution in [0.1, 0.15) is 106 Å². The molecule has 4 unspecified atom stereocenters. The van der Waals surface area contributed by atoms with Gasteiger partial charge in [-0.25, -0.2) is 0 Å². The third-order valence-corrected chi connectivity index (χ3v) is 13.7. The van der Waals surface area contributed by atoms with E-state index < -0.39 is 11.7 Å². The van der Waals surface area contributed by atoms with Crippen LogP contribution in [-0.2, 0) is 81.4 Å². The summed E-state index contributed by atoms with van der Waals surface area (Å²) >= 11 is 0. The summed E-state index contributed by atoms with van der Waals surface area (Å²) in [6.45, 7) is 23.2. The number of rotatable bonds is 16. The minimum absolute atomic E-state index is 0.0411. The molecule has 418 valence electrons. The Hall–Kier alpha value is -4.24.